The van der Waals surface area contributed by atoms with E-state index in [2.05, 4.69) is 0 Å². The number of carbonyl (C=O) groups is 1. The SMILES string of the molecule is O=C(O)C1C=CC=C(Cl)C1(O)O. The summed E-state index contributed by atoms with van der Waals surface area (Å²) < 4.78 is 0. The summed E-state index contributed by atoms with van der Waals surface area (Å²) in [7, 11) is 0. The van der Waals surface area contributed by atoms with Crippen LogP contribution in [0.25, 0.3) is 0 Å². The first-order valence-electron chi connectivity index (χ1n) is 3.18. The van der Waals surface area contributed by atoms with Gasteiger partial charge < -0.3 is 15.3 Å². The van der Waals surface area contributed by atoms with Gasteiger partial charge in [0.1, 0.15) is 5.92 Å². The fourth-order valence-corrected chi connectivity index (χ4v) is 1.10. The summed E-state index contributed by atoms with van der Waals surface area (Å²) in [4.78, 5) is 10.5. The van der Waals surface area contributed by atoms with Gasteiger partial charge in [0.05, 0.1) is 5.03 Å². The van der Waals surface area contributed by atoms with E-state index in [-0.39, 0.29) is 5.03 Å². The number of hydrogen-bond acceptors (Lipinski definition) is 3. The van der Waals surface area contributed by atoms with E-state index in [1.54, 1.807) is 0 Å². The van der Waals surface area contributed by atoms with Crippen molar-refractivity contribution in [1.82, 2.24) is 0 Å². The molecule has 0 radical (unpaired) electrons. The van der Waals surface area contributed by atoms with E-state index >= 15 is 0 Å². The summed E-state index contributed by atoms with van der Waals surface area (Å²) in [6.45, 7) is 0. The van der Waals surface area contributed by atoms with Crippen molar-refractivity contribution in [2.24, 2.45) is 5.92 Å². The molecule has 3 N–H and O–H groups in total. The molecular formula is C7H7ClO4. The van der Waals surface area contributed by atoms with E-state index < -0.39 is 17.7 Å². The number of carboxylic acids is 1. The van der Waals surface area contributed by atoms with Crippen molar-refractivity contribution >= 4 is 17.6 Å². The van der Waals surface area contributed by atoms with E-state index in [0.29, 0.717) is 0 Å². The second-order valence-electron chi connectivity index (χ2n) is 2.44. The molecule has 0 aromatic carbocycles. The highest BCUT2D eigenvalue weighted by Gasteiger charge is 2.42. The molecule has 1 rings (SSSR count). The van der Waals surface area contributed by atoms with Crippen LogP contribution < -0.4 is 0 Å². The molecule has 12 heavy (non-hydrogen) atoms. The van der Waals surface area contributed by atoms with Crippen molar-refractivity contribution in [3.63, 3.8) is 0 Å². The molecule has 4 nitrogen and oxygen atoms in total. The van der Waals surface area contributed by atoms with Crippen molar-refractivity contribution in [2.75, 3.05) is 0 Å². The standard InChI is InChI=1S/C7H7ClO4/c8-5-3-1-2-4(6(9)10)7(5,11)12/h1-4,11-12H,(H,9,10). The first-order chi connectivity index (χ1) is 5.46. The van der Waals surface area contributed by atoms with Gasteiger partial charge in [0, 0.05) is 0 Å². The van der Waals surface area contributed by atoms with E-state index in [1.165, 1.54) is 12.2 Å². The zero-order chi connectivity index (χ0) is 9.35. The summed E-state index contributed by atoms with van der Waals surface area (Å²) in [5.74, 6) is -5.22. The summed E-state index contributed by atoms with van der Waals surface area (Å²) in [5.41, 5.74) is 0. The molecule has 1 atom stereocenters. The minimum Gasteiger partial charge on any atom is -0.481 e. The zero-order valence-electron chi connectivity index (χ0n) is 5.94. The third-order valence-corrected chi connectivity index (χ3v) is 2.00. The van der Waals surface area contributed by atoms with Crippen LogP contribution in [-0.4, -0.2) is 27.1 Å². The molecule has 0 aromatic rings. The van der Waals surface area contributed by atoms with Gasteiger partial charge in [-0.05, 0) is 6.08 Å². The topological polar surface area (TPSA) is 77.8 Å². The molecule has 0 heterocycles. The molecule has 0 aromatic heterocycles. The Bertz CT molecular complexity index is 267. The summed E-state index contributed by atoms with van der Waals surface area (Å²) in [6, 6.07) is 0. The van der Waals surface area contributed by atoms with E-state index in [4.69, 9.17) is 16.7 Å². The van der Waals surface area contributed by atoms with E-state index in [9.17, 15) is 15.0 Å². The Labute approximate surface area is 73.4 Å². The largest absolute Gasteiger partial charge is 0.481 e. The first kappa shape index (κ1) is 9.25. The lowest BCUT2D eigenvalue weighted by molar-refractivity contribution is -0.178. The second-order valence-corrected chi connectivity index (χ2v) is 2.85. The van der Waals surface area contributed by atoms with E-state index in [1.807, 2.05) is 0 Å². The Kier molecular flexibility index (Phi) is 2.23. The highest BCUT2D eigenvalue weighted by atomic mass is 35.5. The predicted molar refractivity (Wildman–Crippen MR) is 41.4 cm³/mol. The fourth-order valence-electron chi connectivity index (χ4n) is 0.911. The lowest BCUT2D eigenvalue weighted by atomic mass is 9.94. The van der Waals surface area contributed by atoms with Gasteiger partial charge in [-0.3, -0.25) is 4.79 Å². The average molecular weight is 191 g/mol. The fraction of sp³-hybridized carbons (Fsp3) is 0.286. The van der Waals surface area contributed by atoms with Gasteiger partial charge in [0.2, 0.25) is 5.79 Å². The smallest absolute Gasteiger partial charge is 0.316 e. The zero-order valence-corrected chi connectivity index (χ0v) is 6.69. The van der Waals surface area contributed by atoms with Crippen LogP contribution in [0.15, 0.2) is 23.3 Å². The molecular weight excluding hydrogens is 184 g/mol. The van der Waals surface area contributed by atoms with Crippen molar-refractivity contribution < 1.29 is 20.1 Å². The van der Waals surface area contributed by atoms with Crippen molar-refractivity contribution in [3.8, 4) is 0 Å². The maximum absolute atomic E-state index is 10.5. The minimum absolute atomic E-state index is 0.294. The van der Waals surface area contributed by atoms with Crippen LogP contribution in [0.5, 0.6) is 0 Å². The highest BCUT2D eigenvalue weighted by molar-refractivity contribution is 6.31. The lowest BCUT2D eigenvalue weighted by Gasteiger charge is -2.27. The molecule has 0 saturated carbocycles. The molecule has 1 aliphatic rings. The Morgan fingerprint density at radius 2 is 2.17 bits per heavy atom. The van der Waals surface area contributed by atoms with Crippen LogP contribution in [-0.2, 0) is 4.79 Å². The molecule has 0 spiro atoms. The summed E-state index contributed by atoms with van der Waals surface area (Å²) in [6.07, 6.45) is 3.76. The number of aliphatic carboxylic acids is 1. The number of rotatable bonds is 1. The average Bonchev–Trinajstić information content (AvgIpc) is 1.94. The van der Waals surface area contributed by atoms with Crippen LogP contribution in [0, 0.1) is 5.92 Å². The molecule has 0 saturated heterocycles. The number of carboxylic acid groups (broad SMARTS) is 1. The number of allylic oxidation sites excluding steroid dienone is 2. The number of hydrogen-bond donors (Lipinski definition) is 3. The Balaban J connectivity index is 3.01. The van der Waals surface area contributed by atoms with Gasteiger partial charge in [-0.2, -0.15) is 0 Å². The van der Waals surface area contributed by atoms with Crippen molar-refractivity contribution in [1.29, 1.82) is 0 Å². The molecule has 0 bridgehead atoms. The monoisotopic (exact) mass is 190 g/mol. The Morgan fingerprint density at radius 3 is 2.58 bits per heavy atom. The van der Waals surface area contributed by atoms with Crippen LogP contribution >= 0.6 is 11.6 Å². The normalized spacial score (nSPS) is 26.6. The summed E-state index contributed by atoms with van der Waals surface area (Å²) >= 11 is 5.39. The Hall–Kier alpha value is -0.840. The predicted octanol–water partition coefficient (Wildman–Crippen LogP) is 0.0606. The maximum atomic E-state index is 10.5. The van der Waals surface area contributed by atoms with Gasteiger partial charge in [0.25, 0.3) is 0 Å². The first-order valence-corrected chi connectivity index (χ1v) is 3.56. The van der Waals surface area contributed by atoms with Gasteiger partial charge in [-0.25, -0.2) is 0 Å². The molecule has 0 amide bonds. The summed E-state index contributed by atoms with van der Waals surface area (Å²) in [5, 5.41) is 26.6. The maximum Gasteiger partial charge on any atom is 0.316 e. The van der Waals surface area contributed by atoms with Gasteiger partial charge in [-0.1, -0.05) is 23.8 Å². The van der Waals surface area contributed by atoms with Crippen LogP contribution in [0.4, 0.5) is 0 Å². The molecule has 0 fully saturated rings. The molecule has 1 unspecified atom stereocenters. The quantitative estimate of drug-likeness (QED) is 0.511. The molecule has 66 valence electrons. The highest BCUT2D eigenvalue weighted by Crippen LogP contribution is 2.30. The van der Waals surface area contributed by atoms with Gasteiger partial charge in [-0.15, -0.1) is 0 Å². The second kappa shape index (κ2) is 2.90. The molecule has 1 aliphatic carbocycles. The van der Waals surface area contributed by atoms with Crippen molar-refractivity contribution in [3.05, 3.63) is 23.3 Å². The van der Waals surface area contributed by atoms with Gasteiger partial charge in [0.15, 0.2) is 0 Å². The number of aliphatic hydroxyl groups is 2. The molecule has 5 heteroatoms. The molecule has 0 aliphatic heterocycles. The third-order valence-electron chi connectivity index (χ3n) is 1.60. The van der Waals surface area contributed by atoms with Crippen LogP contribution in [0.2, 0.25) is 0 Å². The Morgan fingerprint density at radius 1 is 1.58 bits per heavy atom. The van der Waals surface area contributed by atoms with E-state index in [0.717, 1.165) is 6.08 Å². The minimum atomic E-state index is -2.48. The van der Waals surface area contributed by atoms with Crippen LogP contribution in [0.1, 0.15) is 0 Å². The third kappa shape index (κ3) is 1.36. The number of halogens is 1. The van der Waals surface area contributed by atoms with Gasteiger partial charge >= 0.3 is 5.97 Å². The van der Waals surface area contributed by atoms with Crippen LogP contribution in [0.3, 0.4) is 0 Å². The lowest BCUT2D eigenvalue weighted by Crippen LogP contribution is -2.42. The van der Waals surface area contributed by atoms with Crippen molar-refractivity contribution in [2.45, 2.75) is 5.79 Å².